The van der Waals surface area contributed by atoms with Crippen LogP contribution < -0.4 is 4.90 Å². The number of benzene rings is 10. The summed E-state index contributed by atoms with van der Waals surface area (Å²) < 4.78 is 13.6. The van der Waals surface area contributed by atoms with E-state index in [2.05, 4.69) is 225 Å². The fourth-order valence-electron chi connectivity index (χ4n) is 12.5. The molecule has 314 valence electrons. The van der Waals surface area contributed by atoms with Gasteiger partial charge in [0.2, 0.25) is 0 Å². The maximum atomic E-state index is 6.91. The van der Waals surface area contributed by atoms with Crippen molar-refractivity contribution >= 4 is 60.9 Å². The van der Waals surface area contributed by atoms with E-state index in [-0.39, 0.29) is 5.41 Å². The van der Waals surface area contributed by atoms with Crippen LogP contribution in [0.1, 0.15) is 47.2 Å². The Morgan fingerprint density at radius 3 is 1.43 bits per heavy atom. The van der Waals surface area contributed by atoms with Crippen LogP contribution in [0.25, 0.3) is 88.4 Å². The third-order valence-electron chi connectivity index (χ3n) is 15.5. The Balaban J connectivity index is 0.947. The molecule has 0 aliphatic heterocycles. The molecular weight excluding hydrogens is 815 g/mol. The van der Waals surface area contributed by atoms with Crippen LogP contribution in [0.15, 0.2) is 221 Å². The van der Waals surface area contributed by atoms with Gasteiger partial charge in [0.25, 0.3) is 0 Å². The largest absolute Gasteiger partial charge is 0.456 e. The van der Waals surface area contributed by atoms with Gasteiger partial charge in [0, 0.05) is 55.7 Å². The second-order valence-electron chi connectivity index (χ2n) is 19.1. The molecule has 0 amide bonds. The van der Waals surface area contributed by atoms with Gasteiger partial charge in [-0.05, 0) is 121 Å². The molecule has 0 bridgehead atoms. The Morgan fingerprint density at radius 2 is 0.776 bits per heavy atom. The average molecular weight is 856 g/mol. The minimum absolute atomic E-state index is 0.167. The van der Waals surface area contributed by atoms with E-state index in [1.165, 1.54) is 66.8 Å². The fraction of sp³-hybridized carbons (Fsp3) is 0.0625. The monoisotopic (exact) mass is 855 g/mol. The van der Waals surface area contributed by atoms with Crippen molar-refractivity contribution in [1.29, 1.82) is 0 Å². The summed E-state index contributed by atoms with van der Waals surface area (Å²) in [5.41, 5.74) is 24.0. The Bertz CT molecular complexity index is 4030. The third kappa shape index (κ3) is 4.80. The highest BCUT2D eigenvalue weighted by molar-refractivity contribution is 6.17. The molecule has 15 rings (SSSR count). The first-order chi connectivity index (χ1) is 33.0. The highest BCUT2D eigenvalue weighted by atomic mass is 16.3. The third-order valence-corrected chi connectivity index (χ3v) is 15.5. The molecule has 1 spiro atoms. The summed E-state index contributed by atoms with van der Waals surface area (Å²) in [5, 5.41) is 4.22. The number of para-hydroxylation sites is 1. The zero-order valence-corrected chi connectivity index (χ0v) is 37.0. The zero-order valence-electron chi connectivity index (χ0n) is 37.0. The number of furan rings is 2. The molecule has 0 radical (unpaired) electrons. The van der Waals surface area contributed by atoms with Gasteiger partial charge in [0.05, 0.1) is 5.41 Å². The molecule has 3 heteroatoms. The fourth-order valence-corrected chi connectivity index (χ4v) is 12.5. The van der Waals surface area contributed by atoms with Crippen LogP contribution in [0, 0.1) is 0 Å². The first kappa shape index (κ1) is 36.9. The summed E-state index contributed by atoms with van der Waals surface area (Å²) in [6.07, 6.45) is 0. The highest BCUT2D eigenvalue weighted by Crippen LogP contribution is 2.63. The van der Waals surface area contributed by atoms with Gasteiger partial charge in [0.15, 0.2) is 0 Å². The minimum Gasteiger partial charge on any atom is -0.456 e. The topological polar surface area (TPSA) is 29.5 Å². The van der Waals surface area contributed by atoms with E-state index in [4.69, 9.17) is 8.83 Å². The predicted molar refractivity (Wildman–Crippen MR) is 275 cm³/mol. The lowest BCUT2D eigenvalue weighted by Crippen LogP contribution is -2.26. The lowest BCUT2D eigenvalue weighted by molar-refractivity contribution is 0.660. The quantitative estimate of drug-likeness (QED) is 0.177. The molecule has 2 heterocycles. The number of fused-ring (bicyclic) bond motifs is 19. The molecule has 0 fully saturated rings. The van der Waals surface area contributed by atoms with E-state index < -0.39 is 5.41 Å². The van der Waals surface area contributed by atoms with Gasteiger partial charge in [-0.15, -0.1) is 0 Å². The van der Waals surface area contributed by atoms with Gasteiger partial charge in [0.1, 0.15) is 22.3 Å². The van der Waals surface area contributed by atoms with Crippen LogP contribution in [0.4, 0.5) is 17.1 Å². The van der Waals surface area contributed by atoms with Crippen LogP contribution in [-0.2, 0) is 10.8 Å². The maximum Gasteiger partial charge on any atom is 0.143 e. The molecule has 2 aromatic heterocycles. The van der Waals surface area contributed by atoms with Crippen molar-refractivity contribution < 1.29 is 8.83 Å². The summed E-state index contributed by atoms with van der Waals surface area (Å²) >= 11 is 0. The number of hydrogen-bond acceptors (Lipinski definition) is 3. The van der Waals surface area contributed by atoms with E-state index in [9.17, 15) is 0 Å². The van der Waals surface area contributed by atoms with Crippen molar-refractivity contribution in [2.75, 3.05) is 4.90 Å². The summed E-state index contributed by atoms with van der Waals surface area (Å²) in [4.78, 5) is 2.44. The Hall–Kier alpha value is -8.40. The highest BCUT2D eigenvalue weighted by Gasteiger charge is 2.51. The van der Waals surface area contributed by atoms with Gasteiger partial charge in [-0.3, -0.25) is 0 Å². The molecule has 10 aromatic carbocycles. The lowest BCUT2D eigenvalue weighted by Gasteiger charge is -2.32. The number of nitrogens with zero attached hydrogens (tertiary/aromatic N) is 1. The first-order valence-electron chi connectivity index (χ1n) is 23.3. The molecule has 3 aliphatic carbocycles. The van der Waals surface area contributed by atoms with Crippen LogP contribution in [0.3, 0.4) is 0 Å². The molecule has 0 N–H and O–H groups in total. The summed E-state index contributed by atoms with van der Waals surface area (Å²) in [6.45, 7) is 4.72. The van der Waals surface area contributed by atoms with E-state index >= 15 is 0 Å². The van der Waals surface area contributed by atoms with Gasteiger partial charge in [-0.2, -0.15) is 0 Å². The van der Waals surface area contributed by atoms with Crippen molar-refractivity contribution in [2.45, 2.75) is 24.7 Å². The van der Waals surface area contributed by atoms with Crippen molar-refractivity contribution in [2.24, 2.45) is 0 Å². The van der Waals surface area contributed by atoms with Crippen molar-refractivity contribution in [3.05, 3.63) is 246 Å². The van der Waals surface area contributed by atoms with Crippen LogP contribution >= 0.6 is 0 Å². The number of anilines is 3. The molecule has 0 atom stereocenters. The Kier molecular flexibility index (Phi) is 7.22. The van der Waals surface area contributed by atoms with E-state index in [1.54, 1.807) is 0 Å². The SMILES string of the molecule is CC1(C)c2ccccc2-c2ccc(N(c3ccc4c(c3)C3(c5ccccc5-c5ccccc53)c3ccccc3-4)c3ccc4c(c3)oc3cc5c(cc34)oc3c(-c4ccccc4)cccc35)cc21. The molecule has 0 unspecified atom stereocenters. The Morgan fingerprint density at radius 1 is 0.313 bits per heavy atom. The molecule has 67 heavy (non-hydrogen) atoms. The number of rotatable bonds is 4. The predicted octanol–water partition coefficient (Wildman–Crippen LogP) is 17.3. The van der Waals surface area contributed by atoms with Crippen LogP contribution in [0.2, 0.25) is 0 Å². The van der Waals surface area contributed by atoms with Gasteiger partial charge >= 0.3 is 0 Å². The van der Waals surface area contributed by atoms with E-state index in [0.29, 0.717) is 0 Å². The molecular formula is C64H41NO2. The van der Waals surface area contributed by atoms with Crippen molar-refractivity contribution in [3.8, 4) is 44.5 Å². The molecule has 3 nitrogen and oxygen atoms in total. The average Bonchev–Trinajstić information content (AvgIpc) is 4.14. The normalized spacial score (nSPS) is 14.4. The van der Waals surface area contributed by atoms with E-state index in [1.807, 2.05) is 6.07 Å². The minimum atomic E-state index is -0.464. The van der Waals surface area contributed by atoms with Crippen molar-refractivity contribution in [3.63, 3.8) is 0 Å². The first-order valence-corrected chi connectivity index (χ1v) is 23.3. The summed E-state index contributed by atoms with van der Waals surface area (Å²) in [5.74, 6) is 0. The number of hydrogen-bond donors (Lipinski definition) is 0. The van der Waals surface area contributed by atoms with Gasteiger partial charge in [-0.25, -0.2) is 0 Å². The second kappa shape index (κ2) is 13.1. The van der Waals surface area contributed by atoms with Gasteiger partial charge < -0.3 is 13.7 Å². The summed E-state index contributed by atoms with van der Waals surface area (Å²) in [7, 11) is 0. The summed E-state index contributed by atoms with van der Waals surface area (Å²) in [6, 6.07) is 78.2. The van der Waals surface area contributed by atoms with Gasteiger partial charge in [-0.1, -0.05) is 172 Å². The molecule has 0 saturated carbocycles. The smallest absolute Gasteiger partial charge is 0.143 e. The molecule has 12 aromatic rings. The van der Waals surface area contributed by atoms with E-state index in [0.717, 1.165) is 72.1 Å². The van der Waals surface area contributed by atoms with Crippen LogP contribution in [0.5, 0.6) is 0 Å². The Labute approximate surface area is 387 Å². The standard InChI is InChI=1S/C64H41NO2/c1-63(2)53-23-10-6-17-43(53)47-30-27-39(33-57(47)63)65(40-28-31-48-46-20-9-13-26-56(46)64(58(48)34-40)54-24-11-7-18-44(54)45-19-8-12-25-55(45)64)41-29-32-49-51-36-61-52(37-60(51)66-59(49)35-41)50-22-14-21-42(62(50)67-61)38-15-4-3-5-16-38/h3-37H,1-2H3. The van der Waals surface area contributed by atoms with Crippen molar-refractivity contribution in [1.82, 2.24) is 0 Å². The maximum absolute atomic E-state index is 6.91. The lowest BCUT2D eigenvalue weighted by atomic mass is 9.70. The van der Waals surface area contributed by atoms with Crippen LogP contribution in [-0.4, -0.2) is 0 Å². The molecule has 3 aliphatic rings. The molecule has 0 saturated heterocycles. The second-order valence-corrected chi connectivity index (χ2v) is 19.1. The zero-order chi connectivity index (χ0) is 44.2.